The molecule has 2 aromatic rings. The van der Waals surface area contributed by atoms with Gasteiger partial charge < -0.3 is 15.1 Å². The first-order chi connectivity index (χ1) is 14.1. The van der Waals surface area contributed by atoms with Crippen LogP contribution in [-0.4, -0.2) is 47.9 Å². The molecular weight excluding hydrogens is 393 g/mol. The van der Waals surface area contributed by atoms with Crippen LogP contribution in [0.1, 0.15) is 31.1 Å². The molecule has 2 N–H and O–H groups in total. The van der Waals surface area contributed by atoms with Crippen molar-refractivity contribution in [3.8, 4) is 0 Å². The molecule has 0 aliphatic carbocycles. The van der Waals surface area contributed by atoms with E-state index in [0.717, 1.165) is 31.7 Å². The highest BCUT2D eigenvalue weighted by Gasteiger charge is 2.24. The SMILES string of the molecule is O=C(CSCC(=O)Nc1ccc(F)cc1)NCC(c1ccco1)N1CCCCC1. The molecule has 1 saturated heterocycles. The van der Waals surface area contributed by atoms with Crippen molar-refractivity contribution in [1.29, 1.82) is 0 Å². The van der Waals surface area contributed by atoms with Crippen molar-refractivity contribution < 1.29 is 18.4 Å². The molecule has 1 unspecified atom stereocenters. The average Bonchev–Trinajstić information content (AvgIpc) is 3.25. The number of likely N-dealkylation sites (tertiary alicyclic amines) is 1. The van der Waals surface area contributed by atoms with Crippen molar-refractivity contribution >= 4 is 29.3 Å². The molecule has 1 aromatic carbocycles. The maximum absolute atomic E-state index is 12.9. The Balaban J connectivity index is 1.40. The molecule has 1 fully saturated rings. The summed E-state index contributed by atoms with van der Waals surface area (Å²) in [7, 11) is 0. The minimum absolute atomic E-state index is 0.0287. The van der Waals surface area contributed by atoms with Gasteiger partial charge in [-0.2, -0.15) is 0 Å². The summed E-state index contributed by atoms with van der Waals surface area (Å²) in [5.74, 6) is 0.513. The fourth-order valence-corrected chi connectivity index (χ4v) is 4.00. The number of benzene rings is 1. The van der Waals surface area contributed by atoms with Gasteiger partial charge in [-0.25, -0.2) is 4.39 Å². The number of hydrogen-bond donors (Lipinski definition) is 2. The Bertz CT molecular complexity index is 777. The van der Waals surface area contributed by atoms with Gasteiger partial charge in [-0.3, -0.25) is 14.5 Å². The van der Waals surface area contributed by atoms with E-state index >= 15 is 0 Å². The molecule has 6 nitrogen and oxygen atoms in total. The molecule has 1 aliphatic heterocycles. The number of halogens is 1. The van der Waals surface area contributed by atoms with Crippen LogP contribution in [0.25, 0.3) is 0 Å². The van der Waals surface area contributed by atoms with Crippen LogP contribution in [0.15, 0.2) is 47.1 Å². The summed E-state index contributed by atoms with van der Waals surface area (Å²) in [4.78, 5) is 26.5. The largest absolute Gasteiger partial charge is 0.468 e. The fraction of sp³-hybridized carbons (Fsp3) is 0.429. The van der Waals surface area contributed by atoms with Crippen molar-refractivity contribution in [2.45, 2.75) is 25.3 Å². The van der Waals surface area contributed by atoms with Crippen LogP contribution in [0.5, 0.6) is 0 Å². The Kier molecular flexibility index (Phi) is 8.13. The summed E-state index contributed by atoms with van der Waals surface area (Å²) in [6.07, 6.45) is 5.21. The summed E-state index contributed by atoms with van der Waals surface area (Å²) in [6.45, 7) is 2.48. The Hall–Kier alpha value is -2.32. The Morgan fingerprint density at radius 2 is 1.79 bits per heavy atom. The number of nitrogens with one attached hydrogen (secondary N) is 2. The summed E-state index contributed by atoms with van der Waals surface area (Å²) >= 11 is 1.24. The molecule has 2 amide bonds. The second-order valence-electron chi connectivity index (χ2n) is 6.98. The number of piperidine rings is 1. The number of thioether (sulfide) groups is 1. The van der Waals surface area contributed by atoms with Gasteiger partial charge in [-0.15, -0.1) is 11.8 Å². The van der Waals surface area contributed by atoms with E-state index < -0.39 is 0 Å². The van der Waals surface area contributed by atoms with Gasteiger partial charge in [0.2, 0.25) is 11.8 Å². The predicted octanol–water partition coefficient (Wildman–Crippen LogP) is 3.43. The van der Waals surface area contributed by atoms with Crippen LogP contribution in [-0.2, 0) is 9.59 Å². The molecule has 1 aromatic heterocycles. The lowest BCUT2D eigenvalue weighted by Gasteiger charge is -2.33. The molecule has 0 saturated carbocycles. The number of carbonyl (C=O) groups is 2. The summed E-state index contributed by atoms with van der Waals surface area (Å²) in [6, 6.07) is 9.41. The van der Waals surface area contributed by atoms with Gasteiger partial charge >= 0.3 is 0 Å². The molecule has 1 aliphatic rings. The molecule has 3 rings (SSSR count). The van der Waals surface area contributed by atoms with Crippen molar-refractivity contribution in [2.24, 2.45) is 0 Å². The molecule has 0 spiro atoms. The van der Waals surface area contributed by atoms with Crippen LogP contribution in [0.2, 0.25) is 0 Å². The lowest BCUT2D eigenvalue weighted by atomic mass is 10.1. The van der Waals surface area contributed by atoms with Gasteiger partial charge in [-0.05, 0) is 62.3 Å². The van der Waals surface area contributed by atoms with Crippen LogP contribution >= 0.6 is 11.8 Å². The second kappa shape index (κ2) is 11.0. The highest BCUT2D eigenvalue weighted by molar-refractivity contribution is 8.00. The number of anilines is 1. The number of furan rings is 1. The van der Waals surface area contributed by atoms with E-state index in [1.165, 1.54) is 42.4 Å². The number of hydrogen-bond acceptors (Lipinski definition) is 5. The summed E-state index contributed by atoms with van der Waals surface area (Å²) in [5, 5.41) is 5.64. The standard InChI is InChI=1S/C21H26FN3O3S/c22-16-6-8-17(9-7-16)24-21(27)15-29-14-20(26)23-13-18(19-5-4-12-28-19)25-10-2-1-3-11-25/h4-9,12,18H,1-3,10-11,13-15H2,(H,23,26)(H,24,27). The van der Waals surface area contributed by atoms with E-state index in [2.05, 4.69) is 15.5 Å². The van der Waals surface area contributed by atoms with E-state index in [9.17, 15) is 14.0 Å². The minimum Gasteiger partial charge on any atom is -0.468 e. The number of amides is 2. The van der Waals surface area contributed by atoms with Gasteiger partial charge in [0.15, 0.2) is 0 Å². The molecule has 29 heavy (non-hydrogen) atoms. The van der Waals surface area contributed by atoms with Gasteiger partial charge in [0.25, 0.3) is 0 Å². The quantitative estimate of drug-likeness (QED) is 0.651. The van der Waals surface area contributed by atoms with Crippen LogP contribution < -0.4 is 10.6 Å². The van der Waals surface area contributed by atoms with E-state index in [4.69, 9.17) is 4.42 Å². The first-order valence-electron chi connectivity index (χ1n) is 9.79. The molecular formula is C21H26FN3O3S. The lowest BCUT2D eigenvalue weighted by Crippen LogP contribution is -2.41. The highest BCUT2D eigenvalue weighted by Crippen LogP contribution is 2.24. The third kappa shape index (κ3) is 6.90. The van der Waals surface area contributed by atoms with E-state index in [1.54, 1.807) is 6.26 Å². The van der Waals surface area contributed by atoms with Gasteiger partial charge in [0, 0.05) is 12.2 Å². The number of rotatable bonds is 9. The maximum atomic E-state index is 12.9. The zero-order valence-electron chi connectivity index (χ0n) is 16.2. The van der Waals surface area contributed by atoms with Crippen molar-refractivity contribution in [3.63, 3.8) is 0 Å². The zero-order chi connectivity index (χ0) is 20.5. The van der Waals surface area contributed by atoms with Gasteiger partial charge in [-0.1, -0.05) is 6.42 Å². The van der Waals surface area contributed by atoms with Gasteiger partial charge in [0.05, 0.1) is 23.8 Å². The monoisotopic (exact) mass is 419 g/mol. The molecule has 8 heteroatoms. The average molecular weight is 420 g/mol. The zero-order valence-corrected chi connectivity index (χ0v) is 17.1. The normalized spacial score (nSPS) is 15.6. The first-order valence-corrected chi connectivity index (χ1v) is 10.9. The third-order valence-electron chi connectivity index (χ3n) is 4.79. The van der Waals surface area contributed by atoms with Gasteiger partial charge in [0.1, 0.15) is 11.6 Å². The minimum atomic E-state index is -0.355. The van der Waals surface area contributed by atoms with E-state index in [1.807, 2.05) is 12.1 Å². The second-order valence-corrected chi connectivity index (χ2v) is 7.97. The number of carbonyl (C=O) groups excluding carboxylic acids is 2. The molecule has 2 heterocycles. The molecule has 0 bridgehead atoms. The smallest absolute Gasteiger partial charge is 0.234 e. The molecule has 1 atom stereocenters. The Labute approximate surface area is 174 Å². The third-order valence-corrected chi connectivity index (χ3v) is 5.72. The molecule has 0 radical (unpaired) electrons. The molecule has 156 valence electrons. The Morgan fingerprint density at radius 3 is 2.48 bits per heavy atom. The van der Waals surface area contributed by atoms with Crippen LogP contribution in [0.4, 0.5) is 10.1 Å². The predicted molar refractivity (Wildman–Crippen MR) is 112 cm³/mol. The van der Waals surface area contributed by atoms with E-state index in [0.29, 0.717) is 12.2 Å². The van der Waals surface area contributed by atoms with Crippen molar-refractivity contribution in [2.75, 3.05) is 36.5 Å². The fourth-order valence-electron chi connectivity index (χ4n) is 3.35. The van der Waals surface area contributed by atoms with Crippen LogP contribution in [0, 0.1) is 5.82 Å². The maximum Gasteiger partial charge on any atom is 0.234 e. The van der Waals surface area contributed by atoms with E-state index in [-0.39, 0.29) is 35.2 Å². The topological polar surface area (TPSA) is 74.6 Å². The lowest BCUT2D eigenvalue weighted by molar-refractivity contribution is -0.118. The summed E-state index contributed by atoms with van der Waals surface area (Å²) in [5.41, 5.74) is 0.532. The summed E-state index contributed by atoms with van der Waals surface area (Å²) < 4.78 is 18.5. The highest BCUT2D eigenvalue weighted by atomic mass is 32.2. The first kappa shape index (κ1) is 21.4. The van der Waals surface area contributed by atoms with Crippen molar-refractivity contribution in [1.82, 2.24) is 10.2 Å². The Morgan fingerprint density at radius 1 is 1.07 bits per heavy atom. The van der Waals surface area contributed by atoms with Crippen molar-refractivity contribution in [3.05, 3.63) is 54.2 Å². The number of nitrogens with zero attached hydrogens (tertiary/aromatic N) is 1. The van der Waals surface area contributed by atoms with Crippen LogP contribution in [0.3, 0.4) is 0 Å².